The van der Waals surface area contributed by atoms with Crippen LogP contribution in [0.5, 0.6) is 0 Å². The van der Waals surface area contributed by atoms with E-state index in [0.29, 0.717) is 18.4 Å². The molecule has 0 aromatic heterocycles. The van der Waals surface area contributed by atoms with E-state index in [1.165, 1.54) is 0 Å². The minimum atomic E-state index is -2.89. The molecule has 2 heterocycles. The number of anilines is 1. The Bertz CT molecular complexity index is 647. The highest BCUT2D eigenvalue weighted by Crippen LogP contribution is 2.25. The van der Waals surface area contributed by atoms with Gasteiger partial charge < -0.3 is 10.6 Å². The Kier molecular flexibility index (Phi) is 5.34. The van der Waals surface area contributed by atoms with Gasteiger partial charge in [0.15, 0.2) is 0 Å². The van der Waals surface area contributed by atoms with Crippen LogP contribution in [0.25, 0.3) is 0 Å². The lowest BCUT2D eigenvalue weighted by molar-refractivity contribution is 0.0933. The number of halogens is 1. The first kappa shape index (κ1) is 17.1. The van der Waals surface area contributed by atoms with Crippen LogP contribution in [0.1, 0.15) is 35.2 Å². The molecule has 2 N–H and O–H groups in total. The lowest BCUT2D eigenvalue weighted by Gasteiger charge is -2.25. The molecule has 0 radical (unpaired) electrons. The fourth-order valence-corrected chi connectivity index (χ4v) is 4.51. The quantitative estimate of drug-likeness (QED) is 0.857. The van der Waals surface area contributed by atoms with E-state index in [9.17, 15) is 13.2 Å². The molecule has 22 heavy (non-hydrogen) atoms. The first-order valence-corrected chi connectivity index (χ1v) is 9.24. The third-order valence-electron chi connectivity index (χ3n) is 4.23. The van der Waals surface area contributed by atoms with Crippen molar-refractivity contribution in [2.45, 2.75) is 31.7 Å². The lowest BCUT2D eigenvalue weighted by atomic mass is 9.97. The highest BCUT2D eigenvalue weighted by molar-refractivity contribution is 7.91. The predicted octanol–water partition coefficient (Wildman–Crippen LogP) is 1.77. The topological polar surface area (TPSA) is 75.3 Å². The number of sulfone groups is 1. The van der Waals surface area contributed by atoms with Gasteiger partial charge in [-0.05, 0) is 43.4 Å². The number of amides is 1. The summed E-state index contributed by atoms with van der Waals surface area (Å²) < 4.78 is 22.8. The van der Waals surface area contributed by atoms with E-state index in [1.807, 2.05) is 18.2 Å². The Balaban J connectivity index is 0.00000176. The average molecular weight is 345 g/mol. The van der Waals surface area contributed by atoms with Crippen LogP contribution < -0.4 is 10.6 Å². The minimum absolute atomic E-state index is 0. The van der Waals surface area contributed by atoms with Gasteiger partial charge in [0.1, 0.15) is 9.84 Å². The lowest BCUT2D eigenvalue weighted by Crippen LogP contribution is -2.41. The molecular formula is C15H21ClN2O3S. The van der Waals surface area contributed by atoms with E-state index >= 15 is 0 Å². The monoisotopic (exact) mass is 344 g/mol. The zero-order chi connectivity index (χ0) is 14.9. The number of benzene rings is 1. The van der Waals surface area contributed by atoms with E-state index in [-0.39, 0.29) is 35.9 Å². The molecular weight excluding hydrogens is 324 g/mol. The van der Waals surface area contributed by atoms with Crippen molar-refractivity contribution in [3.63, 3.8) is 0 Å². The van der Waals surface area contributed by atoms with E-state index in [2.05, 4.69) is 10.6 Å². The summed E-state index contributed by atoms with van der Waals surface area (Å²) in [6, 6.07) is 5.70. The molecule has 0 bridgehead atoms. The third kappa shape index (κ3) is 3.73. The Morgan fingerprint density at radius 3 is 2.68 bits per heavy atom. The van der Waals surface area contributed by atoms with Crippen LogP contribution in [0.4, 0.5) is 5.69 Å². The standard InChI is InChI=1S/C15H20N2O3S.ClH/c18-15(17-11-6-9-21(19,20)10-7-11)13-3-1-5-14-12(13)4-2-8-16-14;/h1,3,5,11,16H,2,4,6-10H2,(H,17,18);1H. The van der Waals surface area contributed by atoms with Gasteiger partial charge >= 0.3 is 0 Å². The van der Waals surface area contributed by atoms with E-state index in [0.717, 1.165) is 30.6 Å². The summed E-state index contributed by atoms with van der Waals surface area (Å²) in [7, 11) is -2.89. The maximum atomic E-state index is 12.5. The van der Waals surface area contributed by atoms with Gasteiger partial charge in [0, 0.05) is 23.8 Å². The van der Waals surface area contributed by atoms with Gasteiger partial charge in [-0.3, -0.25) is 4.79 Å². The molecule has 0 saturated carbocycles. The molecule has 0 atom stereocenters. The summed E-state index contributed by atoms with van der Waals surface area (Å²) in [4.78, 5) is 12.5. The number of fused-ring (bicyclic) bond motifs is 1. The first-order valence-electron chi connectivity index (χ1n) is 7.42. The number of hydrogen-bond acceptors (Lipinski definition) is 4. The van der Waals surface area contributed by atoms with Gasteiger partial charge in [0.05, 0.1) is 11.5 Å². The highest BCUT2D eigenvalue weighted by atomic mass is 35.5. The molecule has 0 unspecified atom stereocenters. The zero-order valence-electron chi connectivity index (χ0n) is 12.3. The number of carbonyl (C=O) groups is 1. The van der Waals surface area contributed by atoms with Crippen LogP contribution in [0, 0.1) is 0 Å². The van der Waals surface area contributed by atoms with Crippen molar-refractivity contribution in [1.82, 2.24) is 5.32 Å². The SMILES string of the molecule is Cl.O=C(NC1CCS(=O)(=O)CC1)c1cccc2c1CCCN2. The summed E-state index contributed by atoms with van der Waals surface area (Å²) in [5, 5.41) is 6.30. The Morgan fingerprint density at radius 2 is 1.95 bits per heavy atom. The smallest absolute Gasteiger partial charge is 0.251 e. The predicted molar refractivity (Wildman–Crippen MR) is 89.6 cm³/mol. The van der Waals surface area contributed by atoms with Crippen LogP contribution >= 0.6 is 12.4 Å². The number of hydrogen-bond donors (Lipinski definition) is 2. The average Bonchev–Trinajstić information content (AvgIpc) is 2.49. The zero-order valence-corrected chi connectivity index (χ0v) is 13.9. The normalized spacial score (nSPS) is 20.2. The number of carbonyl (C=O) groups excluding carboxylic acids is 1. The summed E-state index contributed by atoms with van der Waals surface area (Å²) in [6.45, 7) is 0.943. The molecule has 0 spiro atoms. The van der Waals surface area contributed by atoms with Crippen molar-refractivity contribution >= 4 is 33.8 Å². The Labute approximate surface area is 137 Å². The molecule has 0 aliphatic carbocycles. The summed E-state index contributed by atoms with van der Waals surface area (Å²) in [5.41, 5.74) is 2.83. The molecule has 1 aromatic carbocycles. The van der Waals surface area contributed by atoms with Crippen molar-refractivity contribution in [2.24, 2.45) is 0 Å². The van der Waals surface area contributed by atoms with Gasteiger partial charge in [0.2, 0.25) is 0 Å². The molecule has 5 nitrogen and oxygen atoms in total. The van der Waals surface area contributed by atoms with E-state index in [1.54, 1.807) is 0 Å². The molecule has 2 aliphatic rings. The van der Waals surface area contributed by atoms with Crippen molar-refractivity contribution < 1.29 is 13.2 Å². The van der Waals surface area contributed by atoms with Crippen LogP contribution in [-0.2, 0) is 16.3 Å². The fraction of sp³-hybridized carbons (Fsp3) is 0.533. The maximum Gasteiger partial charge on any atom is 0.251 e. The maximum absolute atomic E-state index is 12.5. The largest absolute Gasteiger partial charge is 0.385 e. The van der Waals surface area contributed by atoms with Gasteiger partial charge in [-0.1, -0.05) is 6.07 Å². The second-order valence-electron chi connectivity index (χ2n) is 5.76. The molecule has 7 heteroatoms. The minimum Gasteiger partial charge on any atom is -0.385 e. The second kappa shape index (κ2) is 6.87. The van der Waals surface area contributed by atoms with Crippen molar-refractivity contribution in [3.8, 4) is 0 Å². The van der Waals surface area contributed by atoms with Gasteiger partial charge in [-0.15, -0.1) is 12.4 Å². The van der Waals surface area contributed by atoms with Crippen LogP contribution in [-0.4, -0.2) is 38.4 Å². The summed E-state index contributed by atoms with van der Waals surface area (Å²) in [5.74, 6) is 0.263. The van der Waals surface area contributed by atoms with Gasteiger partial charge in [-0.2, -0.15) is 0 Å². The first-order chi connectivity index (χ1) is 10.1. The fourth-order valence-electron chi connectivity index (χ4n) is 3.02. The Hall–Kier alpha value is -1.27. The van der Waals surface area contributed by atoms with E-state index in [4.69, 9.17) is 0 Å². The highest BCUT2D eigenvalue weighted by Gasteiger charge is 2.26. The Morgan fingerprint density at radius 1 is 1.23 bits per heavy atom. The molecule has 1 fully saturated rings. The molecule has 1 amide bonds. The van der Waals surface area contributed by atoms with Crippen molar-refractivity contribution in [3.05, 3.63) is 29.3 Å². The molecule has 2 aliphatic heterocycles. The molecule has 122 valence electrons. The van der Waals surface area contributed by atoms with Crippen LogP contribution in [0.3, 0.4) is 0 Å². The molecule has 1 saturated heterocycles. The number of nitrogens with one attached hydrogen (secondary N) is 2. The van der Waals surface area contributed by atoms with Crippen molar-refractivity contribution in [1.29, 1.82) is 0 Å². The van der Waals surface area contributed by atoms with Gasteiger partial charge in [-0.25, -0.2) is 8.42 Å². The van der Waals surface area contributed by atoms with Crippen molar-refractivity contribution in [2.75, 3.05) is 23.4 Å². The van der Waals surface area contributed by atoms with E-state index < -0.39 is 9.84 Å². The summed E-state index contributed by atoms with van der Waals surface area (Å²) >= 11 is 0. The number of rotatable bonds is 2. The molecule has 3 rings (SSSR count). The second-order valence-corrected chi connectivity index (χ2v) is 8.07. The third-order valence-corrected chi connectivity index (χ3v) is 5.94. The summed E-state index contributed by atoms with van der Waals surface area (Å²) in [6.07, 6.45) is 2.96. The van der Waals surface area contributed by atoms with Crippen LogP contribution in [0.15, 0.2) is 18.2 Å². The molecule has 1 aromatic rings. The van der Waals surface area contributed by atoms with Crippen LogP contribution in [0.2, 0.25) is 0 Å². The van der Waals surface area contributed by atoms with Gasteiger partial charge in [0.25, 0.3) is 5.91 Å².